The molecule has 0 saturated carbocycles. The molecule has 0 bridgehead atoms. The van der Waals surface area contributed by atoms with Crippen molar-refractivity contribution in [3.05, 3.63) is 34.9 Å². The third kappa shape index (κ3) is 4.62. The molecular weight excluding hydrogens is 312 g/mol. The number of halogens is 1. The summed E-state index contributed by atoms with van der Waals surface area (Å²) in [6.45, 7) is 1.83. The van der Waals surface area contributed by atoms with Gasteiger partial charge in [0.2, 0.25) is 5.91 Å². The van der Waals surface area contributed by atoms with E-state index in [1.54, 1.807) is 0 Å². The number of carbonyl (C=O) groups is 2. The molecule has 114 valence electrons. The maximum atomic E-state index is 12.0. The predicted molar refractivity (Wildman–Crippen MR) is 83.0 cm³/mol. The summed E-state index contributed by atoms with van der Waals surface area (Å²) >= 11 is 7.47. The first kappa shape index (κ1) is 16.1. The van der Waals surface area contributed by atoms with E-state index >= 15 is 0 Å². The first-order valence-corrected chi connectivity index (χ1v) is 8.02. The standard InChI is InChI=1S/C14H17ClN2O3S/c1-8-11(6-12(18)19)13(20)17-14(16-8)21-7-9-3-2-4-10(15)5-9/h2-5,8,11,14,16H,6-7H2,1H3,(H,17,20)(H,18,19). The average Bonchev–Trinajstić information content (AvgIpc) is 2.40. The van der Waals surface area contributed by atoms with Crippen molar-refractivity contribution >= 4 is 35.2 Å². The zero-order valence-corrected chi connectivity index (χ0v) is 13.1. The van der Waals surface area contributed by atoms with Gasteiger partial charge < -0.3 is 10.4 Å². The molecule has 1 fully saturated rings. The Bertz CT molecular complexity index is 541. The van der Waals surface area contributed by atoms with Crippen LogP contribution in [0.1, 0.15) is 18.9 Å². The topological polar surface area (TPSA) is 78.4 Å². The van der Waals surface area contributed by atoms with Gasteiger partial charge >= 0.3 is 5.97 Å². The molecule has 3 atom stereocenters. The van der Waals surface area contributed by atoms with E-state index in [1.807, 2.05) is 31.2 Å². The van der Waals surface area contributed by atoms with Gasteiger partial charge in [-0.2, -0.15) is 0 Å². The Hall–Kier alpha value is -1.24. The summed E-state index contributed by atoms with van der Waals surface area (Å²) in [5.74, 6) is -1.01. The van der Waals surface area contributed by atoms with Gasteiger partial charge in [0.05, 0.1) is 12.3 Å². The molecule has 1 aliphatic heterocycles. The maximum Gasteiger partial charge on any atom is 0.304 e. The van der Waals surface area contributed by atoms with Crippen molar-refractivity contribution < 1.29 is 14.7 Å². The smallest absolute Gasteiger partial charge is 0.304 e. The Labute approximate surface area is 132 Å². The second-order valence-corrected chi connectivity index (χ2v) is 6.52. The van der Waals surface area contributed by atoms with Crippen molar-refractivity contribution in [1.82, 2.24) is 10.6 Å². The largest absolute Gasteiger partial charge is 0.481 e. The lowest BCUT2D eigenvalue weighted by atomic mass is 9.95. The molecule has 1 aliphatic rings. The summed E-state index contributed by atoms with van der Waals surface area (Å²) in [4.78, 5) is 22.7. The highest BCUT2D eigenvalue weighted by molar-refractivity contribution is 7.99. The zero-order valence-electron chi connectivity index (χ0n) is 11.5. The van der Waals surface area contributed by atoms with Crippen LogP contribution in [0.15, 0.2) is 24.3 Å². The number of hydrogen-bond acceptors (Lipinski definition) is 4. The number of carboxylic acid groups (broad SMARTS) is 1. The highest BCUT2D eigenvalue weighted by Gasteiger charge is 2.34. The number of hydrogen-bond donors (Lipinski definition) is 3. The summed E-state index contributed by atoms with van der Waals surface area (Å²) in [5, 5.41) is 15.5. The minimum absolute atomic E-state index is 0.161. The molecule has 2 rings (SSSR count). The molecule has 1 heterocycles. The third-order valence-corrected chi connectivity index (χ3v) is 4.65. The number of benzene rings is 1. The maximum absolute atomic E-state index is 12.0. The Morgan fingerprint density at radius 1 is 1.48 bits per heavy atom. The molecule has 1 aromatic carbocycles. The fraction of sp³-hybridized carbons (Fsp3) is 0.429. The molecule has 21 heavy (non-hydrogen) atoms. The molecule has 0 spiro atoms. The van der Waals surface area contributed by atoms with E-state index in [2.05, 4.69) is 10.6 Å². The molecule has 1 saturated heterocycles. The molecule has 0 aliphatic carbocycles. The van der Waals surface area contributed by atoms with Gasteiger partial charge in [0, 0.05) is 16.8 Å². The lowest BCUT2D eigenvalue weighted by Crippen LogP contribution is -2.59. The Kier molecular flexibility index (Phi) is 5.50. The van der Waals surface area contributed by atoms with Gasteiger partial charge in [-0.15, -0.1) is 11.8 Å². The molecule has 3 N–H and O–H groups in total. The van der Waals surface area contributed by atoms with Crippen LogP contribution >= 0.6 is 23.4 Å². The summed E-state index contributed by atoms with van der Waals surface area (Å²) in [6, 6.07) is 7.38. The molecule has 3 unspecified atom stereocenters. The molecule has 1 amide bonds. The molecule has 0 aromatic heterocycles. The first-order chi connectivity index (χ1) is 9.95. The van der Waals surface area contributed by atoms with Gasteiger partial charge in [-0.3, -0.25) is 14.9 Å². The summed E-state index contributed by atoms with van der Waals surface area (Å²) in [7, 11) is 0. The van der Waals surface area contributed by atoms with Gasteiger partial charge in [-0.1, -0.05) is 23.7 Å². The molecule has 1 aromatic rings. The van der Waals surface area contributed by atoms with E-state index in [9.17, 15) is 9.59 Å². The Balaban J connectivity index is 1.89. The van der Waals surface area contributed by atoms with Crippen LogP contribution in [0.25, 0.3) is 0 Å². The molecule has 7 heteroatoms. The number of aliphatic carboxylic acids is 1. The van der Waals surface area contributed by atoms with Crippen molar-refractivity contribution in [3.63, 3.8) is 0 Å². The van der Waals surface area contributed by atoms with Crippen molar-refractivity contribution in [2.45, 2.75) is 30.6 Å². The molecule has 0 radical (unpaired) electrons. The van der Waals surface area contributed by atoms with Crippen LogP contribution in [-0.2, 0) is 15.3 Å². The monoisotopic (exact) mass is 328 g/mol. The van der Waals surface area contributed by atoms with Crippen LogP contribution in [0.5, 0.6) is 0 Å². The van der Waals surface area contributed by atoms with Crippen LogP contribution in [-0.4, -0.2) is 28.5 Å². The lowest BCUT2D eigenvalue weighted by molar-refractivity contribution is -0.142. The number of amides is 1. The van der Waals surface area contributed by atoms with Gasteiger partial charge in [-0.25, -0.2) is 0 Å². The summed E-state index contributed by atoms with van der Waals surface area (Å²) in [6.07, 6.45) is -0.161. The van der Waals surface area contributed by atoms with Gasteiger partial charge in [0.1, 0.15) is 5.50 Å². The Morgan fingerprint density at radius 2 is 2.24 bits per heavy atom. The van der Waals surface area contributed by atoms with E-state index in [4.69, 9.17) is 16.7 Å². The Morgan fingerprint density at radius 3 is 2.86 bits per heavy atom. The summed E-state index contributed by atoms with van der Waals surface area (Å²) in [5.41, 5.74) is 0.848. The fourth-order valence-electron chi connectivity index (χ4n) is 2.21. The van der Waals surface area contributed by atoms with Gasteiger partial charge in [-0.05, 0) is 24.6 Å². The van der Waals surface area contributed by atoms with E-state index < -0.39 is 11.9 Å². The van der Waals surface area contributed by atoms with Crippen LogP contribution in [0.3, 0.4) is 0 Å². The average molecular weight is 329 g/mol. The first-order valence-electron chi connectivity index (χ1n) is 6.60. The van der Waals surface area contributed by atoms with E-state index in [-0.39, 0.29) is 23.9 Å². The van der Waals surface area contributed by atoms with Crippen LogP contribution in [0.2, 0.25) is 5.02 Å². The highest BCUT2D eigenvalue weighted by Crippen LogP contribution is 2.23. The number of carboxylic acids is 1. The highest BCUT2D eigenvalue weighted by atomic mass is 35.5. The lowest BCUT2D eigenvalue weighted by Gasteiger charge is -2.34. The minimum atomic E-state index is -0.964. The predicted octanol–water partition coefficient (Wildman–Crippen LogP) is 2.06. The van der Waals surface area contributed by atoms with Crippen molar-refractivity contribution in [3.8, 4) is 0 Å². The molecular formula is C14H17ClN2O3S. The van der Waals surface area contributed by atoms with Crippen LogP contribution < -0.4 is 10.6 Å². The zero-order chi connectivity index (χ0) is 15.4. The number of nitrogens with one attached hydrogen (secondary N) is 2. The van der Waals surface area contributed by atoms with Crippen LogP contribution in [0, 0.1) is 5.92 Å². The second-order valence-electron chi connectivity index (χ2n) is 4.99. The molecule has 5 nitrogen and oxygen atoms in total. The quantitative estimate of drug-likeness (QED) is 0.771. The fourth-order valence-corrected chi connectivity index (χ4v) is 3.48. The van der Waals surface area contributed by atoms with E-state index in [0.29, 0.717) is 10.8 Å². The van der Waals surface area contributed by atoms with Crippen molar-refractivity contribution in [2.24, 2.45) is 5.92 Å². The number of thioether (sulfide) groups is 1. The number of rotatable bonds is 5. The van der Waals surface area contributed by atoms with Crippen LogP contribution in [0.4, 0.5) is 0 Å². The van der Waals surface area contributed by atoms with Crippen molar-refractivity contribution in [2.75, 3.05) is 0 Å². The number of carbonyl (C=O) groups excluding carboxylic acids is 1. The van der Waals surface area contributed by atoms with Gasteiger partial charge in [0.25, 0.3) is 0 Å². The van der Waals surface area contributed by atoms with E-state index in [0.717, 1.165) is 5.56 Å². The van der Waals surface area contributed by atoms with Crippen molar-refractivity contribution in [1.29, 1.82) is 0 Å². The third-order valence-electron chi connectivity index (χ3n) is 3.33. The SMILES string of the molecule is CC1NC(SCc2cccc(Cl)c2)NC(=O)C1CC(=O)O. The minimum Gasteiger partial charge on any atom is -0.481 e. The normalized spacial score (nSPS) is 25.4. The summed E-state index contributed by atoms with van der Waals surface area (Å²) < 4.78 is 0. The second kappa shape index (κ2) is 7.15. The van der Waals surface area contributed by atoms with Gasteiger partial charge in [0.15, 0.2) is 0 Å². The van der Waals surface area contributed by atoms with E-state index in [1.165, 1.54) is 11.8 Å².